The third-order valence-corrected chi connectivity index (χ3v) is 5.86. The van der Waals surface area contributed by atoms with Crippen molar-refractivity contribution in [1.82, 2.24) is 5.32 Å². The van der Waals surface area contributed by atoms with Gasteiger partial charge in [-0.05, 0) is 68.5 Å². The lowest BCUT2D eigenvalue weighted by Crippen LogP contribution is -2.12. The number of allylic oxidation sites excluding steroid dienone is 2. The van der Waals surface area contributed by atoms with Crippen LogP contribution >= 0.6 is 0 Å². The molecule has 2 heteroatoms. The molecule has 210 valence electrons. The van der Waals surface area contributed by atoms with E-state index in [1.807, 2.05) is 25.1 Å². The van der Waals surface area contributed by atoms with Gasteiger partial charge in [0.15, 0.2) is 0 Å². The first-order valence-electron chi connectivity index (χ1n) is 13.8. The minimum Gasteiger partial charge on any atom is -0.363 e. The second-order valence-corrected chi connectivity index (χ2v) is 10.1. The van der Waals surface area contributed by atoms with Crippen LogP contribution in [0.5, 0.6) is 0 Å². The number of rotatable bonds is 7. The fraction of sp³-hybridized carbons (Fsp3) is 0.237. The Labute approximate surface area is 244 Å². The summed E-state index contributed by atoms with van der Waals surface area (Å²) in [6.45, 7) is 21.0. The SMILES string of the molecule is C=C(C)NC(=C)C(C)C.C=NC.Cc1cccc(CCc2ccc(-c3ccccc3)cc2)c1.Cc1ccccc1. The molecular weight excluding hydrogens is 484 g/mol. The van der Waals surface area contributed by atoms with Crippen LogP contribution in [0.4, 0.5) is 0 Å². The Kier molecular flexibility index (Phi) is 16.8. The van der Waals surface area contributed by atoms with Crippen LogP contribution in [0.2, 0.25) is 0 Å². The molecule has 0 saturated heterocycles. The summed E-state index contributed by atoms with van der Waals surface area (Å²) in [5.41, 5.74) is 10.0. The Hall–Kier alpha value is -4.17. The van der Waals surface area contributed by atoms with Gasteiger partial charge in [0.1, 0.15) is 0 Å². The normalized spacial score (nSPS) is 9.47. The largest absolute Gasteiger partial charge is 0.363 e. The van der Waals surface area contributed by atoms with E-state index in [9.17, 15) is 0 Å². The van der Waals surface area contributed by atoms with Crippen molar-refractivity contribution in [2.75, 3.05) is 7.05 Å². The number of nitrogens with zero attached hydrogens (tertiary/aromatic N) is 1. The maximum Gasteiger partial charge on any atom is 0.0269 e. The van der Waals surface area contributed by atoms with Crippen LogP contribution < -0.4 is 5.32 Å². The zero-order valence-electron chi connectivity index (χ0n) is 25.5. The minimum absolute atomic E-state index is 0.488. The van der Waals surface area contributed by atoms with Gasteiger partial charge in [0.05, 0.1) is 0 Å². The summed E-state index contributed by atoms with van der Waals surface area (Å²) in [5, 5.41) is 3.05. The van der Waals surface area contributed by atoms with Gasteiger partial charge in [-0.15, -0.1) is 0 Å². The van der Waals surface area contributed by atoms with E-state index in [4.69, 9.17) is 0 Å². The van der Waals surface area contributed by atoms with E-state index < -0.39 is 0 Å². The zero-order chi connectivity index (χ0) is 29.8. The first-order valence-corrected chi connectivity index (χ1v) is 13.8. The molecule has 0 amide bonds. The van der Waals surface area contributed by atoms with E-state index in [-0.39, 0.29) is 0 Å². The Balaban J connectivity index is 0.000000347. The molecule has 0 unspecified atom stereocenters. The van der Waals surface area contributed by atoms with Crippen LogP contribution in [0.3, 0.4) is 0 Å². The lowest BCUT2D eigenvalue weighted by molar-refractivity contribution is 0.705. The molecule has 0 aliphatic heterocycles. The van der Waals surface area contributed by atoms with Crippen LogP contribution in [0, 0.1) is 19.8 Å². The number of benzene rings is 4. The summed E-state index contributed by atoms with van der Waals surface area (Å²) in [6, 6.07) is 38.5. The van der Waals surface area contributed by atoms with Crippen molar-refractivity contribution in [2.24, 2.45) is 10.9 Å². The van der Waals surface area contributed by atoms with Crippen LogP contribution in [0.15, 0.2) is 139 Å². The summed E-state index contributed by atoms with van der Waals surface area (Å²) in [6.07, 6.45) is 2.20. The van der Waals surface area contributed by atoms with Crippen molar-refractivity contribution in [3.63, 3.8) is 0 Å². The molecular formula is C38H48N2. The topological polar surface area (TPSA) is 24.4 Å². The third kappa shape index (κ3) is 15.3. The second kappa shape index (κ2) is 19.8. The van der Waals surface area contributed by atoms with Crippen molar-refractivity contribution in [3.8, 4) is 11.1 Å². The van der Waals surface area contributed by atoms with E-state index in [1.54, 1.807) is 7.05 Å². The van der Waals surface area contributed by atoms with Gasteiger partial charge in [-0.25, -0.2) is 0 Å². The molecule has 0 bridgehead atoms. The van der Waals surface area contributed by atoms with Crippen molar-refractivity contribution < 1.29 is 0 Å². The fourth-order valence-corrected chi connectivity index (χ4v) is 3.60. The average Bonchev–Trinajstić information content (AvgIpc) is 2.94. The van der Waals surface area contributed by atoms with Gasteiger partial charge < -0.3 is 10.3 Å². The molecule has 0 aromatic heterocycles. The van der Waals surface area contributed by atoms with Crippen LogP contribution in [-0.4, -0.2) is 13.8 Å². The highest BCUT2D eigenvalue weighted by atomic mass is 14.9. The number of aryl methyl sites for hydroxylation is 4. The predicted molar refractivity (Wildman–Crippen MR) is 179 cm³/mol. The first-order chi connectivity index (χ1) is 19.2. The van der Waals surface area contributed by atoms with E-state index in [2.05, 4.69) is 149 Å². The summed E-state index contributed by atoms with van der Waals surface area (Å²) in [4.78, 5) is 3.25. The highest BCUT2D eigenvalue weighted by Crippen LogP contribution is 2.20. The summed E-state index contributed by atoms with van der Waals surface area (Å²) in [5.74, 6) is 0.488. The quantitative estimate of drug-likeness (QED) is 0.235. The molecule has 4 aromatic carbocycles. The Morgan fingerprint density at radius 1 is 0.675 bits per heavy atom. The second-order valence-electron chi connectivity index (χ2n) is 10.1. The number of nitrogens with one attached hydrogen (secondary N) is 1. The van der Waals surface area contributed by atoms with Crippen LogP contribution in [-0.2, 0) is 12.8 Å². The Bertz CT molecular complexity index is 1250. The molecule has 0 atom stereocenters. The third-order valence-electron chi connectivity index (χ3n) is 5.86. The zero-order valence-corrected chi connectivity index (χ0v) is 25.5. The van der Waals surface area contributed by atoms with Gasteiger partial charge in [-0.3, -0.25) is 0 Å². The van der Waals surface area contributed by atoms with Crippen molar-refractivity contribution in [1.29, 1.82) is 0 Å². The lowest BCUT2D eigenvalue weighted by Gasteiger charge is -2.11. The lowest BCUT2D eigenvalue weighted by atomic mass is 10.00. The van der Waals surface area contributed by atoms with Crippen molar-refractivity contribution >= 4 is 6.72 Å². The van der Waals surface area contributed by atoms with Gasteiger partial charge in [-0.2, -0.15) is 0 Å². The molecule has 0 aliphatic rings. The van der Waals surface area contributed by atoms with Gasteiger partial charge in [0.25, 0.3) is 0 Å². The summed E-state index contributed by atoms with van der Waals surface area (Å²) in [7, 11) is 1.64. The summed E-state index contributed by atoms with van der Waals surface area (Å²) < 4.78 is 0. The molecule has 4 aromatic rings. The maximum absolute atomic E-state index is 3.82. The molecule has 1 N–H and O–H groups in total. The molecule has 40 heavy (non-hydrogen) atoms. The van der Waals surface area contributed by atoms with E-state index in [0.717, 1.165) is 24.2 Å². The first kappa shape index (κ1) is 33.9. The molecule has 0 spiro atoms. The number of hydrogen-bond acceptors (Lipinski definition) is 2. The highest BCUT2D eigenvalue weighted by Gasteiger charge is 1.99. The molecule has 0 aliphatic carbocycles. The Morgan fingerprint density at radius 2 is 1.15 bits per heavy atom. The molecule has 2 nitrogen and oxygen atoms in total. The van der Waals surface area contributed by atoms with E-state index in [1.165, 1.54) is 33.4 Å². The molecule has 0 fully saturated rings. The highest BCUT2D eigenvalue weighted by molar-refractivity contribution is 5.63. The van der Waals surface area contributed by atoms with Crippen LogP contribution in [0.1, 0.15) is 43.0 Å². The van der Waals surface area contributed by atoms with Gasteiger partial charge in [0, 0.05) is 18.4 Å². The standard InChI is InChI=1S/C21H20.C8H15N.C7H8.C2H5N/c1-17-6-5-7-19(16-17)11-10-18-12-14-21(15-13-18)20-8-3-2-4-9-20;1-6(2)8(5)9-7(3)4;1-7-5-3-2-4-6-7;1-3-2/h2-9,12-16H,10-11H2,1H3;6,9H,3,5H2,1-2,4H3;2-6H,1H3;1H2,2H3. The smallest absolute Gasteiger partial charge is 0.0269 e. The van der Waals surface area contributed by atoms with Crippen molar-refractivity contribution in [2.45, 2.75) is 47.5 Å². The van der Waals surface area contributed by atoms with Crippen LogP contribution in [0.25, 0.3) is 11.1 Å². The number of aliphatic imine (C=N–C) groups is 1. The minimum atomic E-state index is 0.488. The van der Waals surface area contributed by atoms with Gasteiger partial charge >= 0.3 is 0 Å². The maximum atomic E-state index is 3.82. The molecule has 4 rings (SSSR count). The van der Waals surface area contributed by atoms with E-state index in [0.29, 0.717) is 5.92 Å². The fourth-order valence-electron chi connectivity index (χ4n) is 3.60. The Morgan fingerprint density at radius 3 is 1.57 bits per heavy atom. The van der Waals surface area contributed by atoms with Gasteiger partial charge in [0.2, 0.25) is 0 Å². The summed E-state index contributed by atoms with van der Waals surface area (Å²) >= 11 is 0. The van der Waals surface area contributed by atoms with Gasteiger partial charge in [-0.1, -0.05) is 147 Å². The molecule has 0 heterocycles. The van der Waals surface area contributed by atoms with Crippen molar-refractivity contribution in [3.05, 3.63) is 156 Å². The average molecular weight is 533 g/mol. The van der Waals surface area contributed by atoms with E-state index >= 15 is 0 Å². The number of hydrogen-bond donors (Lipinski definition) is 1. The molecule has 0 saturated carbocycles. The predicted octanol–water partition coefficient (Wildman–Crippen LogP) is 10.0. The monoisotopic (exact) mass is 532 g/mol. The molecule has 0 radical (unpaired) electrons.